The number of rotatable bonds is 4. The molecule has 0 radical (unpaired) electrons. The fraction of sp³-hybridized carbons (Fsp3) is 1.00. The van der Waals surface area contributed by atoms with Crippen molar-refractivity contribution in [3.8, 4) is 0 Å². The molecule has 0 aliphatic heterocycles. The summed E-state index contributed by atoms with van der Waals surface area (Å²) in [5.74, 6) is 0. The summed E-state index contributed by atoms with van der Waals surface area (Å²) in [6.45, 7) is 0. The van der Waals surface area contributed by atoms with Gasteiger partial charge in [0.2, 0.25) is 0 Å². The molecule has 7 nitrogen and oxygen atoms in total. The zero-order valence-electron chi connectivity index (χ0n) is 4.47. The SMILES string of the molecule is CONOOP(=O)(O)O. The molecule has 0 bridgehead atoms. The average molecular weight is 159 g/mol. The average Bonchev–Trinajstić information content (AvgIpc) is 1.63. The highest BCUT2D eigenvalue weighted by Crippen LogP contribution is 2.35. The molecule has 0 aromatic carbocycles. The second kappa shape index (κ2) is 3.91. The molecule has 0 fully saturated rings. The summed E-state index contributed by atoms with van der Waals surface area (Å²) in [7, 11) is -3.38. The molecule has 9 heavy (non-hydrogen) atoms. The van der Waals surface area contributed by atoms with Crippen LogP contribution in [0.15, 0.2) is 0 Å². The van der Waals surface area contributed by atoms with Crippen molar-refractivity contribution in [2.24, 2.45) is 0 Å². The predicted octanol–water partition coefficient (Wildman–Crippen LogP) is -0.907. The highest BCUT2D eigenvalue weighted by atomic mass is 31.2. The molecule has 0 aromatic heterocycles. The molecule has 0 rings (SSSR count). The van der Waals surface area contributed by atoms with E-state index in [1.54, 1.807) is 5.64 Å². The third-order valence-electron chi connectivity index (χ3n) is 0.252. The Morgan fingerprint density at radius 3 is 2.44 bits per heavy atom. The van der Waals surface area contributed by atoms with Crippen LogP contribution in [0, 0.1) is 0 Å². The lowest BCUT2D eigenvalue weighted by atomic mass is 11.7. The van der Waals surface area contributed by atoms with Gasteiger partial charge >= 0.3 is 7.82 Å². The molecule has 0 aromatic rings. The number of phosphoric acid groups is 1. The van der Waals surface area contributed by atoms with E-state index < -0.39 is 7.82 Å². The second-order valence-corrected chi connectivity index (χ2v) is 2.07. The molecule has 0 heterocycles. The Morgan fingerprint density at radius 1 is 1.56 bits per heavy atom. The van der Waals surface area contributed by atoms with Gasteiger partial charge in [-0.3, -0.25) is 4.84 Å². The minimum Gasteiger partial charge on any atom is -0.301 e. The molecule has 56 valence electrons. The van der Waals surface area contributed by atoms with Crippen LogP contribution in [0.3, 0.4) is 0 Å². The minimum absolute atomic E-state index is 1.18. The Labute approximate surface area is 50.6 Å². The van der Waals surface area contributed by atoms with Crippen LogP contribution in [-0.2, 0) is 19.1 Å². The normalized spacial score (nSPS) is 11.9. The van der Waals surface area contributed by atoms with E-state index in [1.807, 2.05) is 0 Å². The van der Waals surface area contributed by atoms with Crippen LogP contribution in [0.25, 0.3) is 0 Å². The molecule has 8 heteroatoms. The molecule has 3 N–H and O–H groups in total. The summed E-state index contributed by atoms with van der Waals surface area (Å²) >= 11 is 0. The Hall–Kier alpha value is -0.0100. The van der Waals surface area contributed by atoms with Gasteiger partial charge in [0.1, 0.15) is 0 Å². The van der Waals surface area contributed by atoms with Gasteiger partial charge in [0, 0.05) is 0 Å². The first-order valence-corrected chi connectivity index (χ1v) is 3.28. The maximum absolute atomic E-state index is 9.76. The Balaban J connectivity index is 3.18. The summed E-state index contributed by atoms with van der Waals surface area (Å²) in [6.07, 6.45) is 0. The summed E-state index contributed by atoms with van der Waals surface area (Å²) in [6, 6.07) is 0. The van der Waals surface area contributed by atoms with Crippen LogP contribution in [0.2, 0.25) is 0 Å². The minimum atomic E-state index is -4.56. The molecule has 0 atom stereocenters. The van der Waals surface area contributed by atoms with E-state index in [0.717, 1.165) is 0 Å². The lowest BCUT2D eigenvalue weighted by Crippen LogP contribution is -2.11. The molecular weight excluding hydrogens is 153 g/mol. The van der Waals surface area contributed by atoms with Crippen LogP contribution in [0.5, 0.6) is 0 Å². The Kier molecular flexibility index (Phi) is 3.91. The van der Waals surface area contributed by atoms with Crippen LogP contribution in [0.4, 0.5) is 0 Å². The highest BCUT2D eigenvalue weighted by Gasteiger charge is 2.14. The Morgan fingerprint density at radius 2 is 2.11 bits per heavy atom. The molecule has 0 aliphatic rings. The summed E-state index contributed by atoms with van der Waals surface area (Å²) < 4.78 is 13.2. The summed E-state index contributed by atoms with van der Waals surface area (Å²) in [5.41, 5.74) is 1.59. The smallest absolute Gasteiger partial charge is 0.301 e. The molecule has 0 amide bonds. The van der Waals surface area contributed by atoms with Gasteiger partial charge in [0.15, 0.2) is 0 Å². The lowest BCUT2D eigenvalue weighted by molar-refractivity contribution is -0.344. The van der Waals surface area contributed by atoms with Gasteiger partial charge in [-0.05, 0) is 5.64 Å². The van der Waals surface area contributed by atoms with Gasteiger partial charge in [0.25, 0.3) is 0 Å². The van der Waals surface area contributed by atoms with Crippen molar-refractivity contribution in [2.75, 3.05) is 7.11 Å². The highest BCUT2D eigenvalue weighted by molar-refractivity contribution is 7.46. The van der Waals surface area contributed by atoms with E-state index in [9.17, 15) is 4.57 Å². The zero-order chi connectivity index (χ0) is 7.33. The number of nitrogens with one attached hydrogen (secondary N) is 1. The first-order valence-electron chi connectivity index (χ1n) is 1.75. The van der Waals surface area contributed by atoms with Gasteiger partial charge in [-0.25, -0.2) is 4.57 Å². The lowest BCUT2D eigenvalue weighted by Gasteiger charge is -2.01. The van der Waals surface area contributed by atoms with Gasteiger partial charge in [0.05, 0.1) is 7.11 Å². The van der Waals surface area contributed by atoms with Gasteiger partial charge in [-0.15, -0.1) is 9.66 Å². The van der Waals surface area contributed by atoms with E-state index in [-0.39, 0.29) is 0 Å². The van der Waals surface area contributed by atoms with Crippen molar-refractivity contribution in [3.63, 3.8) is 0 Å². The maximum Gasteiger partial charge on any atom is 0.498 e. The summed E-state index contributed by atoms with van der Waals surface area (Å²) in [4.78, 5) is 23.4. The first kappa shape index (κ1) is 8.99. The fourth-order valence-corrected chi connectivity index (χ4v) is 0.225. The number of hydrogen-bond acceptors (Lipinski definition) is 5. The summed E-state index contributed by atoms with van der Waals surface area (Å²) in [5, 5.41) is 0. The zero-order valence-corrected chi connectivity index (χ0v) is 5.37. The van der Waals surface area contributed by atoms with Crippen molar-refractivity contribution in [2.45, 2.75) is 0 Å². The molecule has 0 saturated carbocycles. The van der Waals surface area contributed by atoms with Crippen molar-refractivity contribution in [1.82, 2.24) is 5.64 Å². The van der Waals surface area contributed by atoms with Gasteiger partial charge in [-0.1, -0.05) is 0 Å². The van der Waals surface area contributed by atoms with Crippen LogP contribution < -0.4 is 5.64 Å². The fourth-order valence-electron chi connectivity index (χ4n) is 0.0978. The second-order valence-electron chi connectivity index (χ2n) is 0.936. The molecule has 0 spiro atoms. The van der Waals surface area contributed by atoms with E-state index in [4.69, 9.17) is 9.79 Å². The quantitative estimate of drug-likeness (QED) is 0.211. The van der Waals surface area contributed by atoms with Gasteiger partial charge < -0.3 is 9.79 Å². The van der Waals surface area contributed by atoms with E-state index >= 15 is 0 Å². The van der Waals surface area contributed by atoms with Crippen molar-refractivity contribution >= 4 is 7.82 Å². The number of hydrogen-bond donors (Lipinski definition) is 3. The maximum atomic E-state index is 9.76. The monoisotopic (exact) mass is 159 g/mol. The van der Waals surface area contributed by atoms with Crippen molar-refractivity contribution in [3.05, 3.63) is 0 Å². The van der Waals surface area contributed by atoms with Crippen LogP contribution in [0.1, 0.15) is 0 Å². The van der Waals surface area contributed by atoms with Crippen LogP contribution in [-0.4, -0.2) is 16.9 Å². The standard InChI is InChI=1S/CH6NO6P/c1-6-2-7-8-9(3,4)5/h2H,1H3,(H2,3,4,5). The largest absolute Gasteiger partial charge is 0.498 e. The predicted molar refractivity (Wildman–Crippen MR) is 24.4 cm³/mol. The molecule has 0 aliphatic carbocycles. The van der Waals surface area contributed by atoms with Gasteiger partial charge in [-0.2, -0.15) is 0 Å². The Bertz CT molecular complexity index is 108. The van der Waals surface area contributed by atoms with E-state index in [0.29, 0.717) is 0 Å². The molecule has 0 saturated heterocycles. The van der Waals surface area contributed by atoms with Crippen molar-refractivity contribution in [1.29, 1.82) is 0 Å². The topological polar surface area (TPSA) is 97.2 Å². The van der Waals surface area contributed by atoms with Crippen molar-refractivity contribution < 1.29 is 28.9 Å². The first-order chi connectivity index (χ1) is 4.06. The third-order valence-corrected chi connectivity index (χ3v) is 0.520. The third kappa shape index (κ3) is 7.99. The van der Waals surface area contributed by atoms with E-state index in [2.05, 4.69) is 14.5 Å². The van der Waals surface area contributed by atoms with Crippen LogP contribution >= 0.6 is 7.82 Å². The molecule has 0 unspecified atom stereocenters. The molecular formula is CH6NO6P. The van der Waals surface area contributed by atoms with E-state index in [1.165, 1.54) is 7.11 Å².